The van der Waals surface area contributed by atoms with Crippen LogP contribution in [0.25, 0.3) is 22.3 Å². The predicted octanol–water partition coefficient (Wildman–Crippen LogP) is 5.33. The molecule has 1 aliphatic carbocycles. The van der Waals surface area contributed by atoms with Crippen molar-refractivity contribution in [2.24, 2.45) is 0 Å². The van der Waals surface area contributed by atoms with Gasteiger partial charge in [0.1, 0.15) is 11.5 Å². The zero-order valence-corrected chi connectivity index (χ0v) is 16.4. The Morgan fingerprint density at radius 1 is 0.750 bits per heavy atom. The molecular weight excluding hydrogens is 348 g/mol. The lowest BCUT2D eigenvalue weighted by Gasteiger charge is -2.10. The van der Waals surface area contributed by atoms with Gasteiger partial charge in [-0.1, -0.05) is 38.5 Å². The van der Waals surface area contributed by atoms with Crippen LogP contribution in [0, 0.1) is 11.8 Å². The fourth-order valence-corrected chi connectivity index (χ4v) is 3.36. The van der Waals surface area contributed by atoms with Gasteiger partial charge in [-0.2, -0.15) is 0 Å². The van der Waals surface area contributed by atoms with Crippen LogP contribution in [-0.2, 0) is 0 Å². The van der Waals surface area contributed by atoms with Crippen molar-refractivity contribution in [3.05, 3.63) is 57.7 Å². The average molecular weight is 372 g/mol. The fourth-order valence-electron chi connectivity index (χ4n) is 3.36. The standard InChI is InChI=1S/C25H24O3/c1-3-5-13-27-19-9-11-21-17(15-19)7-8-18-16-20(28-14-6-4-2)10-12-22(18)24-23(21)25(24)26/h9-12,15-16H,3-6,13-14H2,1-2H3. The van der Waals surface area contributed by atoms with E-state index in [1.807, 2.05) is 36.4 Å². The van der Waals surface area contributed by atoms with Crippen molar-refractivity contribution in [1.82, 2.24) is 0 Å². The summed E-state index contributed by atoms with van der Waals surface area (Å²) in [6.45, 7) is 5.66. The van der Waals surface area contributed by atoms with Gasteiger partial charge in [-0.25, -0.2) is 0 Å². The molecule has 1 aliphatic rings. The largest absolute Gasteiger partial charge is 0.494 e. The van der Waals surface area contributed by atoms with Crippen molar-refractivity contribution in [1.29, 1.82) is 0 Å². The molecule has 0 heterocycles. The quantitative estimate of drug-likeness (QED) is 0.310. The molecule has 3 aromatic carbocycles. The number of rotatable bonds is 8. The topological polar surface area (TPSA) is 35.5 Å². The van der Waals surface area contributed by atoms with Gasteiger partial charge in [-0.05, 0) is 49.2 Å². The molecule has 0 fully saturated rings. The van der Waals surface area contributed by atoms with Gasteiger partial charge >= 0.3 is 0 Å². The highest BCUT2D eigenvalue weighted by Gasteiger charge is 2.29. The van der Waals surface area contributed by atoms with E-state index in [1.165, 1.54) is 0 Å². The molecule has 0 saturated heterocycles. The highest BCUT2D eigenvalue weighted by molar-refractivity contribution is 5.98. The van der Waals surface area contributed by atoms with Crippen LogP contribution in [0.4, 0.5) is 0 Å². The minimum Gasteiger partial charge on any atom is -0.494 e. The number of ether oxygens (including phenoxy) is 2. The van der Waals surface area contributed by atoms with Crippen molar-refractivity contribution >= 4 is 0 Å². The molecule has 0 radical (unpaired) electrons. The molecule has 0 atom stereocenters. The lowest BCUT2D eigenvalue weighted by molar-refractivity contribution is 0.309. The Morgan fingerprint density at radius 2 is 1.21 bits per heavy atom. The van der Waals surface area contributed by atoms with Gasteiger partial charge in [0, 0.05) is 33.4 Å². The van der Waals surface area contributed by atoms with Crippen LogP contribution in [-0.4, -0.2) is 13.2 Å². The van der Waals surface area contributed by atoms with Crippen LogP contribution in [0.15, 0.2) is 41.2 Å². The molecular formula is C25H24O3. The van der Waals surface area contributed by atoms with E-state index in [-0.39, 0.29) is 5.43 Å². The second-order valence-electron chi connectivity index (χ2n) is 7.15. The molecule has 0 bridgehead atoms. The van der Waals surface area contributed by atoms with Crippen LogP contribution in [0.1, 0.15) is 50.7 Å². The lowest BCUT2D eigenvalue weighted by atomic mass is 9.98. The molecule has 4 rings (SSSR count). The van der Waals surface area contributed by atoms with Gasteiger partial charge < -0.3 is 9.47 Å². The Labute approximate surface area is 166 Å². The molecule has 3 heteroatoms. The van der Waals surface area contributed by atoms with Crippen LogP contribution < -0.4 is 14.9 Å². The predicted molar refractivity (Wildman–Crippen MR) is 113 cm³/mol. The first-order chi connectivity index (χ1) is 13.7. The van der Waals surface area contributed by atoms with Gasteiger partial charge in [0.2, 0.25) is 0 Å². The van der Waals surface area contributed by atoms with E-state index in [4.69, 9.17) is 9.47 Å². The van der Waals surface area contributed by atoms with Crippen molar-refractivity contribution in [3.8, 4) is 45.6 Å². The van der Waals surface area contributed by atoms with Crippen molar-refractivity contribution in [3.63, 3.8) is 0 Å². The summed E-state index contributed by atoms with van der Waals surface area (Å²) in [4.78, 5) is 12.6. The molecule has 0 saturated carbocycles. The monoisotopic (exact) mass is 372 g/mol. The molecule has 0 aliphatic heterocycles. The summed E-state index contributed by atoms with van der Waals surface area (Å²) in [5.41, 5.74) is 5.17. The molecule has 3 nitrogen and oxygen atoms in total. The van der Waals surface area contributed by atoms with Crippen molar-refractivity contribution in [2.45, 2.75) is 39.5 Å². The highest BCUT2D eigenvalue weighted by atomic mass is 16.5. The van der Waals surface area contributed by atoms with Gasteiger partial charge in [0.15, 0.2) is 5.43 Å². The highest BCUT2D eigenvalue weighted by Crippen LogP contribution is 2.40. The van der Waals surface area contributed by atoms with E-state index < -0.39 is 0 Å². The number of unbranched alkanes of at least 4 members (excludes halogenated alkanes) is 2. The molecule has 28 heavy (non-hydrogen) atoms. The zero-order valence-electron chi connectivity index (χ0n) is 16.4. The number of hydrogen-bond donors (Lipinski definition) is 0. The summed E-state index contributed by atoms with van der Waals surface area (Å²) in [6, 6.07) is 11.7. The first-order valence-corrected chi connectivity index (χ1v) is 10.1. The van der Waals surface area contributed by atoms with Crippen LogP contribution >= 0.6 is 0 Å². The summed E-state index contributed by atoms with van der Waals surface area (Å²) in [6.07, 6.45) is 4.22. The Morgan fingerprint density at radius 3 is 1.64 bits per heavy atom. The molecule has 3 aromatic rings. The second kappa shape index (κ2) is 7.94. The van der Waals surface area contributed by atoms with Gasteiger partial charge in [0.05, 0.1) is 13.2 Å². The van der Waals surface area contributed by atoms with E-state index >= 15 is 0 Å². The third-order valence-corrected chi connectivity index (χ3v) is 5.03. The number of hydrogen-bond acceptors (Lipinski definition) is 3. The van der Waals surface area contributed by atoms with E-state index in [9.17, 15) is 4.79 Å². The summed E-state index contributed by atoms with van der Waals surface area (Å²) in [7, 11) is 0. The van der Waals surface area contributed by atoms with Gasteiger partial charge in [-0.3, -0.25) is 4.79 Å². The normalized spacial score (nSPS) is 11.5. The van der Waals surface area contributed by atoms with Crippen molar-refractivity contribution in [2.75, 3.05) is 13.2 Å². The average Bonchev–Trinajstić information content (AvgIpc) is 3.35. The van der Waals surface area contributed by atoms with Gasteiger partial charge in [0.25, 0.3) is 0 Å². The number of benzene rings is 2. The van der Waals surface area contributed by atoms with Crippen molar-refractivity contribution < 1.29 is 9.47 Å². The maximum absolute atomic E-state index is 12.6. The molecule has 0 aromatic heterocycles. The smallest absolute Gasteiger partial charge is 0.195 e. The molecule has 0 unspecified atom stereocenters. The summed E-state index contributed by atoms with van der Waals surface area (Å²) < 4.78 is 11.6. The first kappa shape index (κ1) is 18.4. The van der Waals surface area contributed by atoms with Gasteiger partial charge in [-0.15, -0.1) is 0 Å². The second-order valence-corrected chi connectivity index (χ2v) is 7.15. The van der Waals surface area contributed by atoms with E-state index in [2.05, 4.69) is 25.7 Å². The Hall–Kier alpha value is -2.99. The SMILES string of the molecule is CCCCOc1ccc2c(c1)C#Cc1cc(OCCCC)ccc1-c1c-2c1=O. The Balaban J connectivity index is 1.69. The molecule has 0 spiro atoms. The summed E-state index contributed by atoms with van der Waals surface area (Å²) in [5, 5.41) is 0. The van der Waals surface area contributed by atoms with Crippen LogP contribution in [0.5, 0.6) is 11.5 Å². The Kier molecular flexibility index (Phi) is 5.21. The summed E-state index contributed by atoms with van der Waals surface area (Å²) in [5.74, 6) is 8.10. The van der Waals surface area contributed by atoms with E-state index in [0.29, 0.717) is 13.2 Å². The molecule has 0 N–H and O–H groups in total. The summed E-state index contributed by atoms with van der Waals surface area (Å²) >= 11 is 0. The zero-order chi connectivity index (χ0) is 19.5. The Bertz CT molecular complexity index is 991. The molecule has 0 amide bonds. The maximum Gasteiger partial charge on any atom is 0.195 e. The van der Waals surface area contributed by atoms with Crippen LogP contribution in [0.3, 0.4) is 0 Å². The third kappa shape index (κ3) is 3.55. The first-order valence-electron chi connectivity index (χ1n) is 10.1. The number of fused-ring (bicyclic) bond motifs is 5. The van der Waals surface area contributed by atoms with E-state index in [1.54, 1.807) is 0 Å². The molecule has 142 valence electrons. The maximum atomic E-state index is 12.6. The van der Waals surface area contributed by atoms with Crippen LogP contribution in [0.2, 0.25) is 0 Å². The third-order valence-electron chi connectivity index (χ3n) is 5.03. The van der Waals surface area contributed by atoms with E-state index in [0.717, 1.165) is 70.6 Å². The fraction of sp³-hybridized carbons (Fsp3) is 0.320. The minimum atomic E-state index is 0.104. The minimum absolute atomic E-state index is 0.104. The lowest BCUT2D eigenvalue weighted by Crippen LogP contribution is -1.98.